The molecule has 102 valence electrons. The molecule has 0 N–H and O–H groups in total. The Hall–Kier alpha value is -1.81. The van der Waals surface area contributed by atoms with Crippen LogP contribution in [0.3, 0.4) is 0 Å². The number of ether oxygens (including phenoxy) is 1. The van der Waals surface area contributed by atoms with E-state index in [9.17, 15) is 14.4 Å². The molecule has 0 heterocycles. The van der Waals surface area contributed by atoms with E-state index in [4.69, 9.17) is 10.3 Å². The van der Waals surface area contributed by atoms with Crippen LogP contribution < -0.4 is 0 Å². The van der Waals surface area contributed by atoms with Gasteiger partial charge in [-0.05, 0) is 25.7 Å². The molecule has 0 bridgehead atoms. The summed E-state index contributed by atoms with van der Waals surface area (Å²) in [5, 5.41) is 0. The van der Waals surface area contributed by atoms with Crippen molar-refractivity contribution < 1.29 is 23.9 Å². The molecule has 6 nitrogen and oxygen atoms in total. The lowest BCUT2D eigenvalue weighted by Gasteiger charge is -2.35. The van der Waals surface area contributed by atoms with E-state index >= 15 is 0 Å². The molecule has 0 saturated heterocycles. The van der Waals surface area contributed by atoms with Crippen molar-refractivity contribution in [3.05, 3.63) is 5.53 Å². The van der Waals surface area contributed by atoms with Gasteiger partial charge in [-0.15, -0.1) is 0 Å². The zero-order valence-corrected chi connectivity index (χ0v) is 10.8. The van der Waals surface area contributed by atoms with E-state index in [-0.39, 0.29) is 12.5 Å². The number of hydrogen-bond acceptors (Lipinski definition) is 4. The Morgan fingerprint density at radius 2 is 2.00 bits per heavy atom. The fourth-order valence-electron chi connectivity index (χ4n) is 3.14. The lowest BCUT2D eigenvalue weighted by Crippen LogP contribution is -2.52. The van der Waals surface area contributed by atoms with Crippen LogP contribution in [-0.4, -0.2) is 34.6 Å². The second-order valence-corrected chi connectivity index (χ2v) is 4.96. The first-order valence-electron chi connectivity index (χ1n) is 6.59. The molecule has 6 heteroatoms. The number of Topliss-reactive ketones (excluding diaryl/α,β-unsaturated/α-hetero) is 2. The first-order chi connectivity index (χ1) is 9.11. The maximum absolute atomic E-state index is 12.1. The van der Waals surface area contributed by atoms with Crippen molar-refractivity contribution >= 4 is 23.2 Å². The van der Waals surface area contributed by atoms with Crippen molar-refractivity contribution in [1.82, 2.24) is 0 Å². The average molecular weight is 264 g/mol. The minimum atomic E-state index is -0.992. The highest BCUT2D eigenvalue weighted by atomic mass is 16.5. The third kappa shape index (κ3) is 2.24. The summed E-state index contributed by atoms with van der Waals surface area (Å²) in [6.45, 7) is 1.84. The zero-order chi connectivity index (χ0) is 14.0. The van der Waals surface area contributed by atoms with E-state index in [0.717, 1.165) is 12.8 Å². The highest BCUT2D eigenvalue weighted by Gasteiger charge is 2.55. The molecular weight excluding hydrogens is 248 g/mol. The molecular formula is C13H16N2O4. The smallest absolute Gasteiger partial charge is 0.401 e. The van der Waals surface area contributed by atoms with Gasteiger partial charge in [0, 0.05) is 5.92 Å². The molecule has 2 aliphatic carbocycles. The number of ketones is 2. The Morgan fingerprint density at radius 3 is 2.63 bits per heavy atom. The third-order valence-corrected chi connectivity index (χ3v) is 3.97. The van der Waals surface area contributed by atoms with Gasteiger partial charge in [0.2, 0.25) is 0 Å². The number of hydrogen-bond donors (Lipinski definition) is 0. The van der Waals surface area contributed by atoms with Crippen LogP contribution >= 0.6 is 0 Å². The number of carbonyl (C=O) groups excluding carboxylic acids is 3. The molecule has 0 aromatic rings. The van der Waals surface area contributed by atoms with Crippen molar-refractivity contribution in [1.29, 1.82) is 0 Å². The highest BCUT2D eigenvalue weighted by molar-refractivity contribution is 6.67. The van der Waals surface area contributed by atoms with Crippen molar-refractivity contribution in [3.8, 4) is 0 Å². The molecule has 0 spiro atoms. The molecule has 0 amide bonds. The molecule has 2 aliphatic rings. The normalized spacial score (nSPS) is 30.6. The molecule has 0 aromatic heterocycles. The Labute approximate surface area is 110 Å². The summed E-state index contributed by atoms with van der Waals surface area (Å²) in [6, 6.07) is 0. The van der Waals surface area contributed by atoms with E-state index in [1.54, 1.807) is 6.92 Å². The molecule has 19 heavy (non-hydrogen) atoms. The number of rotatable bonds is 2. The largest absolute Gasteiger partial charge is 0.465 e. The average Bonchev–Trinajstić information content (AvgIpc) is 2.40. The van der Waals surface area contributed by atoms with Crippen LogP contribution in [-0.2, 0) is 19.1 Å². The third-order valence-electron chi connectivity index (χ3n) is 3.97. The monoisotopic (exact) mass is 264 g/mol. The first-order valence-corrected chi connectivity index (χ1v) is 6.59. The number of carbonyl (C=O) groups is 3. The standard InChI is InChI=1S/C13H16N2O4/c1-2-19-13(18)9-7-5-3-4-6-8(7)11(16)10(15-14)12(9)17/h7-9H,2-6H2,1H3. The summed E-state index contributed by atoms with van der Waals surface area (Å²) in [7, 11) is 0. The van der Waals surface area contributed by atoms with Gasteiger partial charge in [0.05, 0.1) is 6.61 Å². The predicted molar refractivity (Wildman–Crippen MR) is 64.2 cm³/mol. The van der Waals surface area contributed by atoms with Crippen LogP contribution in [0, 0.1) is 17.8 Å². The number of fused-ring (bicyclic) bond motifs is 1. The van der Waals surface area contributed by atoms with Crippen LogP contribution in [0.2, 0.25) is 0 Å². The predicted octanol–water partition coefficient (Wildman–Crippen LogP) is 0.795. The minimum Gasteiger partial charge on any atom is -0.465 e. The summed E-state index contributed by atoms with van der Waals surface area (Å²) in [4.78, 5) is 38.9. The van der Waals surface area contributed by atoms with Crippen LogP contribution in [0.1, 0.15) is 32.6 Å². The van der Waals surface area contributed by atoms with Gasteiger partial charge >= 0.3 is 11.7 Å². The van der Waals surface area contributed by atoms with Gasteiger partial charge in [0.1, 0.15) is 5.92 Å². The van der Waals surface area contributed by atoms with Crippen LogP contribution in [0.4, 0.5) is 0 Å². The Bertz CT molecular complexity index is 479. The van der Waals surface area contributed by atoms with Gasteiger partial charge < -0.3 is 10.3 Å². The Balaban J connectivity index is 2.38. The topological polar surface area (TPSA) is 96.8 Å². The van der Waals surface area contributed by atoms with Crippen LogP contribution in [0.15, 0.2) is 0 Å². The van der Waals surface area contributed by atoms with Gasteiger partial charge in [0.25, 0.3) is 11.6 Å². The maximum Gasteiger partial charge on any atom is 0.401 e. The van der Waals surface area contributed by atoms with E-state index in [1.807, 2.05) is 0 Å². The fourth-order valence-corrected chi connectivity index (χ4v) is 3.14. The molecule has 2 saturated carbocycles. The van der Waals surface area contributed by atoms with E-state index < -0.39 is 35.1 Å². The maximum atomic E-state index is 12.1. The SMILES string of the molecule is CCOC(=O)C1C(=O)C(=[N+]=[N-])C(=O)C2CCCCC21. The van der Waals surface area contributed by atoms with Crippen molar-refractivity contribution in [2.45, 2.75) is 32.6 Å². The summed E-state index contributed by atoms with van der Waals surface area (Å²) in [5.74, 6) is -3.44. The summed E-state index contributed by atoms with van der Waals surface area (Å²) >= 11 is 0. The van der Waals surface area contributed by atoms with E-state index in [0.29, 0.717) is 12.8 Å². The molecule has 0 aliphatic heterocycles. The molecule has 2 fully saturated rings. The first kappa shape index (κ1) is 13.6. The van der Waals surface area contributed by atoms with Crippen LogP contribution in [0.25, 0.3) is 5.53 Å². The van der Waals surface area contributed by atoms with Gasteiger partial charge in [-0.3, -0.25) is 14.4 Å². The van der Waals surface area contributed by atoms with Gasteiger partial charge in [-0.1, -0.05) is 12.8 Å². The van der Waals surface area contributed by atoms with Crippen LogP contribution in [0.5, 0.6) is 0 Å². The lowest BCUT2D eigenvalue weighted by atomic mass is 9.64. The second-order valence-electron chi connectivity index (χ2n) is 4.96. The van der Waals surface area contributed by atoms with Gasteiger partial charge in [-0.25, -0.2) is 0 Å². The summed E-state index contributed by atoms with van der Waals surface area (Å²) < 4.78 is 4.92. The number of nitrogens with zero attached hydrogens (tertiary/aromatic N) is 2. The molecule has 0 aromatic carbocycles. The van der Waals surface area contributed by atoms with Gasteiger partial charge in [-0.2, -0.15) is 4.79 Å². The summed E-state index contributed by atoms with van der Waals surface area (Å²) in [5.41, 5.74) is 8.35. The van der Waals surface area contributed by atoms with Gasteiger partial charge in [0.15, 0.2) is 0 Å². The molecule has 2 rings (SSSR count). The fraction of sp³-hybridized carbons (Fsp3) is 0.692. The minimum absolute atomic E-state index is 0.180. The molecule has 3 atom stereocenters. The quantitative estimate of drug-likeness (QED) is 0.319. The lowest BCUT2D eigenvalue weighted by molar-refractivity contribution is -0.157. The Morgan fingerprint density at radius 1 is 1.32 bits per heavy atom. The Kier molecular flexibility index (Phi) is 3.90. The van der Waals surface area contributed by atoms with E-state index in [1.165, 1.54) is 0 Å². The van der Waals surface area contributed by atoms with Crippen molar-refractivity contribution in [2.75, 3.05) is 6.61 Å². The molecule has 3 unspecified atom stereocenters. The molecule has 0 radical (unpaired) electrons. The van der Waals surface area contributed by atoms with Crippen molar-refractivity contribution in [3.63, 3.8) is 0 Å². The highest BCUT2D eigenvalue weighted by Crippen LogP contribution is 2.40. The van der Waals surface area contributed by atoms with Crippen molar-refractivity contribution in [2.24, 2.45) is 17.8 Å². The second kappa shape index (κ2) is 5.45. The number of esters is 1. The zero-order valence-electron chi connectivity index (χ0n) is 10.8. The van der Waals surface area contributed by atoms with E-state index in [2.05, 4.69) is 4.79 Å². The summed E-state index contributed by atoms with van der Waals surface area (Å²) in [6.07, 6.45) is 3.06.